The van der Waals surface area contributed by atoms with Crippen molar-refractivity contribution in [2.75, 3.05) is 24.4 Å². The fourth-order valence-electron chi connectivity index (χ4n) is 3.86. The molecule has 8 heteroatoms. The fraction of sp³-hybridized carbons (Fsp3) is 0.435. The summed E-state index contributed by atoms with van der Waals surface area (Å²) in [6, 6.07) is 11.4. The van der Waals surface area contributed by atoms with Crippen LogP contribution >= 0.6 is 11.6 Å². The van der Waals surface area contributed by atoms with E-state index in [9.17, 15) is 13.2 Å². The zero-order valence-electron chi connectivity index (χ0n) is 18.2. The zero-order chi connectivity index (χ0) is 22.6. The predicted octanol–water partition coefficient (Wildman–Crippen LogP) is 4.30. The van der Waals surface area contributed by atoms with Crippen LogP contribution in [0.1, 0.15) is 42.6 Å². The van der Waals surface area contributed by atoms with Crippen LogP contribution in [0.2, 0.25) is 5.02 Å². The second-order valence-electron chi connectivity index (χ2n) is 8.42. The molecule has 1 aliphatic rings. The third kappa shape index (κ3) is 6.21. The van der Waals surface area contributed by atoms with Crippen LogP contribution in [-0.2, 0) is 10.0 Å². The van der Waals surface area contributed by atoms with Crippen molar-refractivity contribution >= 4 is 33.2 Å². The van der Waals surface area contributed by atoms with E-state index in [1.165, 1.54) is 31.0 Å². The molecule has 3 rings (SSSR count). The zero-order valence-corrected chi connectivity index (χ0v) is 19.8. The van der Waals surface area contributed by atoms with Gasteiger partial charge in [-0.25, -0.2) is 8.42 Å². The number of likely N-dealkylation sites (tertiary alicyclic amines) is 1. The van der Waals surface area contributed by atoms with Crippen LogP contribution in [0.5, 0.6) is 0 Å². The Morgan fingerprint density at radius 1 is 1.26 bits per heavy atom. The Balaban J connectivity index is 1.70. The summed E-state index contributed by atoms with van der Waals surface area (Å²) in [6.45, 7) is 8.74. The summed E-state index contributed by atoms with van der Waals surface area (Å²) in [6.07, 6.45) is 2.40. The number of aryl methyl sites for hydroxylation is 1. The van der Waals surface area contributed by atoms with Gasteiger partial charge in [-0.3, -0.25) is 14.4 Å². The molecule has 0 saturated carbocycles. The maximum atomic E-state index is 12.8. The Kier molecular flexibility index (Phi) is 7.62. The van der Waals surface area contributed by atoms with Crippen molar-refractivity contribution in [3.63, 3.8) is 0 Å². The van der Waals surface area contributed by atoms with Gasteiger partial charge >= 0.3 is 0 Å². The minimum Gasteiger partial charge on any atom is -0.350 e. The first-order chi connectivity index (χ1) is 14.7. The van der Waals surface area contributed by atoms with Gasteiger partial charge in [0.05, 0.1) is 15.5 Å². The van der Waals surface area contributed by atoms with Gasteiger partial charge in [-0.2, -0.15) is 0 Å². The van der Waals surface area contributed by atoms with Crippen molar-refractivity contribution in [2.45, 2.75) is 44.6 Å². The van der Waals surface area contributed by atoms with E-state index in [0.717, 1.165) is 18.7 Å². The van der Waals surface area contributed by atoms with E-state index in [1.54, 1.807) is 18.2 Å². The van der Waals surface area contributed by atoms with E-state index in [1.807, 2.05) is 13.0 Å². The molecular formula is C23H30ClN3O3S. The smallest absolute Gasteiger partial charge is 0.261 e. The number of sulfonamides is 1. The van der Waals surface area contributed by atoms with Gasteiger partial charge in [0, 0.05) is 24.8 Å². The molecule has 2 aromatic rings. The lowest BCUT2D eigenvalue weighted by molar-refractivity contribution is 0.0917. The number of amides is 1. The van der Waals surface area contributed by atoms with Gasteiger partial charge in [0.25, 0.3) is 15.9 Å². The van der Waals surface area contributed by atoms with Gasteiger partial charge in [0.1, 0.15) is 0 Å². The topological polar surface area (TPSA) is 78.5 Å². The number of hydrogen-bond donors (Lipinski definition) is 2. The van der Waals surface area contributed by atoms with Gasteiger partial charge in [0.2, 0.25) is 0 Å². The van der Waals surface area contributed by atoms with E-state index in [0.29, 0.717) is 18.2 Å². The number of nitrogens with zero attached hydrogens (tertiary/aromatic N) is 1. The molecule has 1 amide bonds. The van der Waals surface area contributed by atoms with Crippen molar-refractivity contribution in [1.82, 2.24) is 10.2 Å². The summed E-state index contributed by atoms with van der Waals surface area (Å²) in [5.41, 5.74) is 1.55. The minimum atomic E-state index is -3.85. The lowest BCUT2D eigenvalue weighted by Crippen LogP contribution is -2.46. The van der Waals surface area contributed by atoms with E-state index in [-0.39, 0.29) is 27.4 Å². The lowest BCUT2D eigenvalue weighted by Gasteiger charge is -2.35. The minimum absolute atomic E-state index is 0.0125. The second kappa shape index (κ2) is 10.0. The first kappa shape index (κ1) is 23.6. The summed E-state index contributed by atoms with van der Waals surface area (Å²) in [5.74, 6) is 0.277. The molecule has 168 valence electrons. The van der Waals surface area contributed by atoms with Gasteiger partial charge in [-0.15, -0.1) is 0 Å². The average Bonchev–Trinajstić information content (AvgIpc) is 2.71. The lowest BCUT2D eigenvalue weighted by atomic mass is 9.99. The average molecular weight is 464 g/mol. The van der Waals surface area contributed by atoms with Crippen molar-refractivity contribution in [1.29, 1.82) is 0 Å². The molecule has 1 heterocycles. The standard InChI is InChI=1S/C23H30ClN3O3S/c1-16-6-4-8-19(12-16)26-31(29,30)20-9-10-22(24)21(13-20)23(28)25-14-18(3)27-11-5-7-17(2)15-27/h4,6,8-10,12-13,17-18,26H,5,7,11,14-15H2,1-3H3,(H,25,28). The molecule has 2 aromatic carbocycles. The van der Waals surface area contributed by atoms with Crippen LogP contribution in [0.25, 0.3) is 0 Å². The molecule has 1 saturated heterocycles. The molecular weight excluding hydrogens is 434 g/mol. The Labute approximate surface area is 190 Å². The largest absolute Gasteiger partial charge is 0.350 e. The van der Waals surface area contributed by atoms with Crippen LogP contribution < -0.4 is 10.0 Å². The predicted molar refractivity (Wildman–Crippen MR) is 125 cm³/mol. The molecule has 0 aliphatic carbocycles. The molecule has 0 spiro atoms. The van der Waals surface area contributed by atoms with Crippen LogP contribution in [0, 0.1) is 12.8 Å². The number of hydrogen-bond acceptors (Lipinski definition) is 4. The number of carbonyl (C=O) groups excluding carboxylic acids is 1. The SMILES string of the molecule is Cc1cccc(NS(=O)(=O)c2ccc(Cl)c(C(=O)NCC(C)N3CCCC(C)C3)c2)c1. The number of benzene rings is 2. The Hall–Kier alpha value is -2.09. The van der Waals surface area contributed by atoms with Crippen LogP contribution in [0.15, 0.2) is 47.4 Å². The van der Waals surface area contributed by atoms with Gasteiger partial charge < -0.3 is 5.32 Å². The van der Waals surface area contributed by atoms with E-state index in [4.69, 9.17) is 11.6 Å². The first-order valence-electron chi connectivity index (χ1n) is 10.6. The van der Waals surface area contributed by atoms with Gasteiger partial charge in [0.15, 0.2) is 0 Å². The Morgan fingerprint density at radius 3 is 2.74 bits per heavy atom. The van der Waals surface area contributed by atoms with Crippen molar-refractivity contribution in [3.8, 4) is 0 Å². The number of nitrogens with one attached hydrogen (secondary N) is 2. The summed E-state index contributed by atoms with van der Waals surface area (Å²) < 4.78 is 28.2. The maximum absolute atomic E-state index is 12.8. The number of piperidine rings is 1. The van der Waals surface area contributed by atoms with E-state index in [2.05, 4.69) is 28.8 Å². The monoisotopic (exact) mass is 463 g/mol. The van der Waals surface area contributed by atoms with Crippen LogP contribution in [0.4, 0.5) is 5.69 Å². The highest BCUT2D eigenvalue weighted by Gasteiger charge is 2.23. The number of anilines is 1. The molecule has 6 nitrogen and oxygen atoms in total. The molecule has 2 N–H and O–H groups in total. The van der Waals surface area contributed by atoms with E-state index >= 15 is 0 Å². The Morgan fingerprint density at radius 2 is 2.03 bits per heavy atom. The molecule has 1 fully saturated rings. The van der Waals surface area contributed by atoms with Gasteiger partial charge in [-0.1, -0.05) is 30.7 Å². The quantitative estimate of drug-likeness (QED) is 0.641. The summed E-state index contributed by atoms with van der Waals surface area (Å²) >= 11 is 6.22. The molecule has 0 aromatic heterocycles. The normalized spacial score (nSPS) is 18.4. The molecule has 2 atom stereocenters. The third-order valence-electron chi connectivity index (χ3n) is 5.63. The third-order valence-corrected chi connectivity index (χ3v) is 7.34. The Bertz CT molecular complexity index is 1040. The first-order valence-corrected chi connectivity index (χ1v) is 12.4. The van der Waals surface area contributed by atoms with Gasteiger partial charge in [-0.05, 0) is 75.0 Å². The molecule has 2 unspecified atom stereocenters. The van der Waals surface area contributed by atoms with E-state index < -0.39 is 10.0 Å². The number of carbonyl (C=O) groups is 1. The maximum Gasteiger partial charge on any atom is 0.261 e. The second-order valence-corrected chi connectivity index (χ2v) is 10.5. The molecule has 1 aliphatic heterocycles. The summed E-state index contributed by atoms with van der Waals surface area (Å²) in [4.78, 5) is 15.1. The highest BCUT2D eigenvalue weighted by atomic mass is 35.5. The number of halogens is 1. The summed E-state index contributed by atoms with van der Waals surface area (Å²) in [7, 11) is -3.85. The molecule has 31 heavy (non-hydrogen) atoms. The van der Waals surface area contributed by atoms with Crippen molar-refractivity contribution in [2.24, 2.45) is 5.92 Å². The highest BCUT2D eigenvalue weighted by Crippen LogP contribution is 2.23. The summed E-state index contributed by atoms with van der Waals surface area (Å²) in [5, 5.41) is 3.12. The molecule has 0 radical (unpaired) electrons. The highest BCUT2D eigenvalue weighted by molar-refractivity contribution is 7.92. The molecule has 0 bridgehead atoms. The van der Waals surface area contributed by atoms with Crippen molar-refractivity contribution < 1.29 is 13.2 Å². The van der Waals surface area contributed by atoms with Crippen LogP contribution in [0.3, 0.4) is 0 Å². The van der Waals surface area contributed by atoms with Crippen molar-refractivity contribution in [3.05, 3.63) is 58.6 Å². The fourth-order valence-corrected chi connectivity index (χ4v) is 5.14. The van der Waals surface area contributed by atoms with Crippen LogP contribution in [-0.4, -0.2) is 44.9 Å². The number of rotatable bonds is 7.